The number of carboxylic acid groups (broad SMARTS) is 1. The smallest absolute Gasteiger partial charge is 0.416 e. The minimum Gasteiger partial charge on any atom is -0.481 e. The predicted molar refractivity (Wildman–Crippen MR) is 139 cm³/mol. The van der Waals surface area contributed by atoms with Crippen LogP contribution in [0.15, 0.2) is 59.1 Å². The first-order chi connectivity index (χ1) is 19.1. The number of benzene rings is 3. The molecular formula is C30H25F4N3O3. The van der Waals surface area contributed by atoms with Crippen molar-refractivity contribution in [3.05, 3.63) is 82.7 Å². The van der Waals surface area contributed by atoms with Crippen LogP contribution in [0.25, 0.3) is 34.0 Å². The fraction of sp³-hybridized carbons (Fsp3) is 0.300. The van der Waals surface area contributed by atoms with E-state index in [1.54, 1.807) is 25.1 Å². The first kappa shape index (κ1) is 26.2. The molecule has 40 heavy (non-hydrogen) atoms. The molecule has 0 spiro atoms. The van der Waals surface area contributed by atoms with Gasteiger partial charge < -0.3 is 14.9 Å². The Morgan fingerprint density at radius 2 is 1.80 bits per heavy atom. The highest BCUT2D eigenvalue weighted by molar-refractivity contribution is 5.73. The molecule has 2 N–H and O–H groups in total. The van der Waals surface area contributed by atoms with Gasteiger partial charge in [-0.25, -0.2) is 4.39 Å². The van der Waals surface area contributed by atoms with E-state index in [1.807, 2.05) is 18.2 Å². The van der Waals surface area contributed by atoms with Crippen molar-refractivity contribution in [1.82, 2.24) is 15.5 Å². The third-order valence-electron chi connectivity index (χ3n) is 7.89. The minimum absolute atomic E-state index is 0.130. The number of alkyl halides is 3. The quantitative estimate of drug-likeness (QED) is 0.252. The number of aromatic nitrogens is 2. The zero-order valence-corrected chi connectivity index (χ0v) is 21.4. The number of fused-ring (bicyclic) bond motifs is 1. The molecule has 0 aliphatic heterocycles. The second-order valence-corrected chi connectivity index (χ2v) is 10.5. The van der Waals surface area contributed by atoms with Crippen LogP contribution < -0.4 is 5.32 Å². The molecule has 0 radical (unpaired) electrons. The summed E-state index contributed by atoms with van der Waals surface area (Å²) in [6.07, 6.45) is -1.45. The van der Waals surface area contributed by atoms with E-state index in [4.69, 9.17) is 9.63 Å². The van der Waals surface area contributed by atoms with Crippen LogP contribution in [-0.2, 0) is 17.4 Å². The molecule has 206 valence electrons. The van der Waals surface area contributed by atoms with Gasteiger partial charge in [0.1, 0.15) is 5.82 Å². The molecule has 2 aliphatic rings. The van der Waals surface area contributed by atoms with Crippen LogP contribution in [0.4, 0.5) is 17.6 Å². The molecule has 6 nitrogen and oxygen atoms in total. The van der Waals surface area contributed by atoms with Crippen LogP contribution in [0.5, 0.6) is 0 Å². The Morgan fingerprint density at radius 1 is 1.02 bits per heavy atom. The maximum absolute atomic E-state index is 14.5. The third-order valence-corrected chi connectivity index (χ3v) is 7.89. The number of nitrogens with zero attached hydrogens (tertiary/aromatic N) is 2. The van der Waals surface area contributed by atoms with Gasteiger partial charge in [0, 0.05) is 28.8 Å². The number of aliphatic carboxylic acids is 1. The van der Waals surface area contributed by atoms with Crippen molar-refractivity contribution >= 4 is 5.97 Å². The van der Waals surface area contributed by atoms with Gasteiger partial charge in [-0.3, -0.25) is 4.79 Å². The molecule has 0 saturated heterocycles. The van der Waals surface area contributed by atoms with Crippen molar-refractivity contribution in [3.63, 3.8) is 0 Å². The van der Waals surface area contributed by atoms with Crippen molar-refractivity contribution in [2.24, 2.45) is 5.92 Å². The van der Waals surface area contributed by atoms with Crippen molar-refractivity contribution in [1.29, 1.82) is 0 Å². The Labute approximate surface area is 227 Å². The Bertz CT molecular complexity index is 1610. The molecule has 2 aliphatic carbocycles. The highest BCUT2D eigenvalue weighted by atomic mass is 19.4. The van der Waals surface area contributed by atoms with E-state index in [9.17, 15) is 22.4 Å². The average molecular weight is 552 g/mol. The van der Waals surface area contributed by atoms with Gasteiger partial charge in [-0.15, -0.1) is 0 Å². The van der Waals surface area contributed by atoms with Gasteiger partial charge in [-0.2, -0.15) is 18.2 Å². The van der Waals surface area contributed by atoms with Crippen LogP contribution in [0, 0.1) is 18.7 Å². The average Bonchev–Trinajstić information content (AvgIpc) is 3.53. The van der Waals surface area contributed by atoms with Gasteiger partial charge in [0.15, 0.2) is 0 Å². The van der Waals surface area contributed by atoms with Crippen molar-refractivity contribution in [2.45, 2.75) is 50.9 Å². The number of nitrogens with one attached hydrogen (secondary N) is 1. The van der Waals surface area contributed by atoms with Crippen LogP contribution in [0.1, 0.15) is 47.6 Å². The van der Waals surface area contributed by atoms with E-state index in [0.717, 1.165) is 36.6 Å². The fourth-order valence-electron chi connectivity index (χ4n) is 5.63. The number of aryl methyl sites for hydroxylation is 2. The molecular weight excluding hydrogens is 526 g/mol. The Morgan fingerprint density at radius 3 is 2.52 bits per heavy atom. The number of rotatable bonds is 6. The Balaban J connectivity index is 1.19. The lowest BCUT2D eigenvalue weighted by Gasteiger charge is -2.35. The molecule has 1 fully saturated rings. The SMILES string of the molecule is Cc1cc(-c2nc(-c3ccc4c(c3)CCC4NC3CC(C(=O)O)C3)no2)ccc1-c1cc(C(F)(F)F)ccc1F. The second kappa shape index (κ2) is 9.85. The summed E-state index contributed by atoms with van der Waals surface area (Å²) >= 11 is 0. The summed E-state index contributed by atoms with van der Waals surface area (Å²) in [5.74, 6) is -1.08. The summed E-state index contributed by atoms with van der Waals surface area (Å²) in [7, 11) is 0. The number of hydrogen-bond acceptors (Lipinski definition) is 5. The molecule has 0 bridgehead atoms. The zero-order valence-electron chi connectivity index (χ0n) is 21.4. The van der Waals surface area contributed by atoms with Crippen LogP contribution in [0.2, 0.25) is 0 Å². The largest absolute Gasteiger partial charge is 0.481 e. The lowest BCUT2D eigenvalue weighted by atomic mass is 9.80. The van der Waals surface area contributed by atoms with Crippen LogP contribution in [-0.4, -0.2) is 27.3 Å². The first-order valence-corrected chi connectivity index (χ1v) is 13.0. The molecule has 0 amide bonds. The van der Waals surface area contributed by atoms with E-state index in [2.05, 4.69) is 15.5 Å². The highest BCUT2D eigenvalue weighted by Gasteiger charge is 2.37. The van der Waals surface area contributed by atoms with Crippen LogP contribution >= 0.6 is 0 Å². The van der Waals surface area contributed by atoms with Gasteiger partial charge in [0.05, 0.1) is 11.5 Å². The van der Waals surface area contributed by atoms with Crippen molar-refractivity contribution in [2.75, 3.05) is 0 Å². The third kappa shape index (κ3) is 4.88. The molecule has 1 saturated carbocycles. The zero-order chi connectivity index (χ0) is 28.2. The number of carboxylic acids is 1. The maximum atomic E-state index is 14.5. The number of halogens is 4. The summed E-state index contributed by atoms with van der Waals surface area (Å²) in [6, 6.07) is 13.6. The molecule has 1 aromatic heterocycles. The summed E-state index contributed by atoms with van der Waals surface area (Å²) in [6.45, 7) is 1.69. The van der Waals surface area contributed by atoms with Crippen molar-refractivity contribution < 1.29 is 32.0 Å². The molecule has 10 heteroatoms. The van der Waals surface area contributed by atoms with E-state index in [0.29, 0.717) is 35.4 Å². The van der Waals surface area contributed by atoms with Gasteiger partial charge in [-0.1, -0.05) is 23.4 Å². The van der Waals surface area contributed by atoms with Crippen LogP contribution in [0.3, 0.4) is 0 Å². The molecule has 3 aromatic carbocycles. The topological polar surface area (TPSA) is 88.2 Å². The lowest BCUT2D eigenvalue weighted by molar-refractivity contribution is -0.145. The maximum Gasteiger partial charge on any atom is 0.416 e. The van der Waals surface area contributed by atoms with Gasteiger partial charge in [-0.05, 0) is 91.3 Å². The van der Waals surface area contributed by atoms with E-state index >= 15 is 0 Å². The second-order valence-electron chi connectivity index (χ2n) is 10.5. The molecule has 1 unspecified atom stereocenters. The standard InChI is InChI=1S/C30H25F4N3O3/c1-15-10-18(3-6-22(15)24-14-20(30(32,33)34)5-8-25(24)31)28-36-27(37-40-28)17-2-7-23-16(11-17)4-9-26(23)35-21-12-19(13-21)29(38)39/h2-3,5-8,10-11,14,19,21,26,35H,4,9,12-13H2,1H3,(H,38,39). The van der Waals surface area contributed by atoms with Gasteiger partial charge in [0.25, 0.3) is 5.89 Å². The summed E-state index contributed by atoms with van der Waals surface area (Å²) < 4.78 is 59.5. The Kier molecular flexibility index (Phi) is 6.45. The normalized spacial score (nSPS) is 20.3. The minimum atomic E-state index is -4.58. The van der Waals surface area contributed by atoms with E-state index < -0.39 is 23.5 Å². The Hall–Kier alpha value is -4.05. The summed E-state index contributed by atoms with van der Waals surface area (Å²) in [5.41, 5.74) is 3.59. The van der Waals surface area contributed by atoms with E-state index in [-0.39, 0.29) is 29.5 Å². The lowest BCUT2D eigenvalue weighted by Crippen LogP contribution is -2.45. The highest BCUT2D eigenvalue weighted by Crippen LogP contribution is 2.38. The van der Waals surface area contributed by atoms with E-state index in [1.165, 1.54) is 11.1 Å². The molecule has 6 rings (SSSR count). The monoisotopic (exact) mass is 551 g/mol. The number of hydrogen-bond donors (Lipinski definition) is 2. The van der Waals surface area contributed by atoms with Gasteiger partial charge in [0.2, 0.25) is 5.82 Å². The fourth-order valence-corrected chi connectivity index (χ4v) is 5.63. The summed E-state index contributed by atoms with van der Waals surface area (Å²) in [4.78, 5) is 15.6. The van der Waals surface area contributed by atoms with Crippen molar-refractivity contribution in [3.8, 4) is 34.0 Å². The summed E-state index contributed by atoms with van der Waals surface area (Å²) in [5, 5.41) is 16.8. The predicted octanol–water partition coefficient (Wildman–Crippen LogP) is 6.98. The molecule has 1 heterocycles. The first-order valence-electron chi connectivity index (χ1n) is 13.0. The molecule has 4 aromatic rings. The number of carbonyl (C=O) groups is 1. The molecule has 1 atom stereocenters. The van der Waals surface area contributed by atoms with Gasteiger partial charge >= 0.3 is 12.1 Å².